The number of hydrogen-bond donors (Lipinski definition) is 0. The van der Waals surface area contributed by atoms with E-state index in [1.807, 2.05) is 0 Å². The first-order valence-corrected chi connectivity index (χ1v) is 7.05. The number of ether oxygens (including phenoxy) is 3. The second-order valence-electron chi connectivity index (χ2n) is 4.67. The van der Waals surface area contributed by atoms with Crippen molar-refractivity contribution in [3.05, 3.63) is 0 Å². The van der Waals surface area contributed by atoms with Gasteiger partial charge >= 0.3 is 17.9 Å². The lowest BCUT2D eigenvalue weighted by Gasteiger charge is -2.25. The van der Waals surface area contributed by atoms with Crippen LogP contribution in [0, 0.1) is 0 Å². The van der Waals surface area contributed by atoms with Crippen LogP contribution in [0.3, 0.4) is 0 Å². The minimum absolute atomic E-state index is 0.0224. The summed E-state index contributed by atoms with van der Waals surface area (Å²) < 4.78 is 13.8. The van der Waals surface area contributed by atoms with Gasteiger partial charge in [0, 0.05) is 26.1 Å². The van der Waals surface area contributed by atoms with Crippen LogP contribution in [0.1, 0.15) is 6.42 Å². The molecule has 0 aromatic heterocycles. The van der Waals surface area contributed by atoms with Crippen LogP contribution in [-0.2, 0) is 33.4 Å². The van der Waals surface area contributed by atoms with Crippen LogP contribution in [0.5, 0.6) is 0 Å². The van der Waals surface area contributed by atoms with Gasteiger partial charge in [0.2, 0.25) is 0 Å². The lowest BCUT2D eigenvalue weighted by molar-refractivity contribution is -0.146. The van der Waals surface area contributed by atoms with Crippen LogP contribution in [0.25, 0.3) is 0 Å². The van der Waals surface area contributed by atoms with E-state index in [0.29, 0.717) is 19.6 Å². The first kappa shape index (κ1) is 21.0. The van der Waals surface area contributed by atoms with Gasteiger partial charge in [-0.15, -0.1) is 0 Å². The van der Waals surface area contributed by atoms with Gasteiger partial charge in [0.05, 0.1) is 41.0 Å². The summed E-state index contributed by atoms with van der Waals surface area (Å²) >= 11 is 0. The number of esters is 3. The van der Waals surface area contributed by atoms with Gasteiger partial charge in [-0.05, 0) is 0 Å². The van der Waals surface area contributed by atoms with E-state index in [0.717, 1.165) is 6.29 Å². The molecule has 0 saturated heterocycles. The Morgan fingerprint density at radius 3 is 1.52 bits per heavy atom. The largest absolute Gasteiger partial charge is 0.468 e. The molecule has 0 aliphatic heterocycles. The molecule has 0 aliphatic rings. The lowest BCUT2D eigenvalue weighted by atomic mass is 10.3. The van der Waals surface area contributed by atoms with Gasteiger partial charge in [-0.2, -0.15) is 0 Å². The summed E-state index contributed by atoms with van der Waals surface area (Å²) in [4.78, 5) is 47.9. The molecule has 132 valence electrons. The topological polar surface area (TPSA) is 102 Å². The summed E-state index contributed by atoms with van der Waals surface area (Å²) in [6.07, 6.45) is 1.02. The SMILES string of the molecule is COC(=O)CN(CCC=O)CCN(CC(=O)OC)CC(=O)OC. The molecule has 0 amide bonds. The van der Waals surface area contributed by atoms with E-state index in [1.54, 1.807) is 9.80 Å². The second kappa shape index (κ2) is 12.5. The van der Waals surface area contributed by atoms with E-state index < -0.39 is 17.9 Å². The maximum atomic E-state index is 11.4. The van der Waals surface area contributed by atoms with Gasteiger partial charge in [0.15, 0.2) is 0 Å². The van der Waals surface area contributed by atoms with Crippen molar-refractivity contribution in [2.45, 2.75) is 6.42 Å². The van der Waals surface area contributed by atoms with Crippen molar-refractivity contribution < 1.29 is 33.4 Å². The first-order chi connectivity index (χ1) is 11.0. The summed E-state index contributed by atoms with van der Waals surface area (Å²) in [6.45, 7) is 0.936. The first-order valence-electron chi connectivity index (χ1n) is 7.05. The molecule has 0 heterocycles. The van der Waals surface area contributed by atoms with Crippen LogP contribution in [0.2, 0.25) is 0 Å². The number of nitrogens with zero attached hydrogens (tertiary/aromatic N) is 2. The van der Waals surface area contributed by atoms with Gasteiger partial charge in [0.1, 0.15) is 6.29 Å². The lowest BCUT2D eigenvalue weighted by Crippen LogP contribution is -2.42. The van der Waals surface area contributed by atoms with Gasteiger partial charge in [-0.1, -0.05) is 0 Å². The molecule has 0 unspecified atom stereocenters. The Balaban J connectivity index is 4.63. The number of methoxy groups -OCH3 is 3. The molecular weight excluding hydrogens is 308 g/mol. The number of carbonyl (C=O) groups is 4. The maximum Gasteiger partial charge on any atom is 0.319 e. The maximum absolute atomic E-state index is 11.4. The number of hydrogen-bond acceptors (Lipinski definition) is 9. The molecule has 9 heteroatoms. The van der Waals surface area contributed by atoms with Crippen molar-refractivity contribution in [2.75, 3.05) is 60.6 Å². The number of rotatable bonds is 12. The number of carbonyl (C=O) groups excluding carboxylic acids is 4. The molecule has 0 aromatic rings. The predicted molar refractivity (Wildman–Crippen MR) is 79.6 cm³/mol. The summed E-state index contributed by atoms with van der Waals surface area (Å²) in [6, 6.07) is 0. The van der Waals surface area contributed by atoms with Gasteiger partial charge < -0.3 is 19.0 Å². The van der Waals surface area contributed by atoms with E-state index in [9.17, 15) is 19.2 Å². The molecule has 0 aliphatic carbocycles. The quantitative estimate of drug-likeness (QED) is 0.245. The predicted octanol–water partition coefficient (Wildman–Crippen LogP) is -1.30. The highest BCUT2D eigenvalue weighted by Gasteiger charge is 2.18. The van der Waals surface area contributed by atoms with E-state index in [2.05, 4.69) is 14.2 Å². The molecule has 0 aromatic carbocycles. The van der Waals surface area contributed by atoms with Gasteiger partial charge in [-0.25, -0.2) is 0 Å². The Labute approximate surface area is 135 Å². The van der Waals surface area contributed by atoms with Crippen molar-refractivity contribution in [3.8, 4) is 0 Å². The average Bonchev–Trinajstić information content (AvgIpc) is 2.56. The normalized spacial score (nSPS) is 10.5. The van der Waals surface area contributed by atoms with Crippen LogP contribution in [-0.4, -0.2) is 94.6 Å². The Morgan fingerprint density at radius 2 is 1.13 bits per heavy atom. The Morgan fingerprint density at radius 1 is 0.739 bits per heavy atom. The zero-order valence-corrected chi connectivity index (χ0v) is 13.8. The van der Waals surface area contributed by atoms with Crippen molar-refractivity contribution in [1.82, 2.24) is 9.80 Å². The zero-order chi connectivity index (χ0) is 17.7. The van der Waals surface area contributed by atoms with Gasteiger partial charge in [-0.3, -0.25) is 24.2 Å². The van der Waals surface area contributed by atoms with Crippen molar-refractivity contribution >= 4 is 24.2 Å². The molecule has 23 heavy (non-hydrogen) atoms. The third kappa shape index (κ3) is 10.4. The molecule has 0 rings (SSSR count). The van der Waals surface area contributed by atoms with E-state index in [1.165, 1.54) is 21.3 Å². The monoisotopic (exact) mass is 332 g/mol. The minimum atomic E-state index is -0.485. The van der Waals surface area contributed by atoms with Crippen molar-refractivity contribution in [1.29, 1.82) is 0 Å². The van der Waals surface area contributed by atoms with Crippen molar-refractivity contribution in [3.63, 3.8) is 0 Å². The standard InChI is InChI=1S/C14H24N2O7/c1-21-12(18)9-15(5-4-8-17)6-7-16(10-13(19)22-2)11-14(20)23-3/h8H,4-7,9-11H2,1-3H3. The van der Waals surface area contributed by atoms with Crippen LogP contribution in [0.4, 0.5) is 0 Å². The van der Waals surface area contributed by atoms with Gasteiger partial charge in [0.25, 0.3) is 0 Å². The Bertz CT molecular complexity index is 383. The molecule has 0 radical (unpaired) electrons. The molecule has 0 fully saturated rings. The second-order valence-corrected chi connectivity index (χ2v) is 4.67. The number of aldehydes is 1. The zero-order valence-electron chi connectivity index (χ0n) is 13.8. The third-order valence-electron chi connectivity index (χ3n) is 3.04. The summed E-state index contributed by atoms with van der Waals surface area (Å²) in [5.74, 6) is -1.40. The third-order valence-corrected chi connectivity index (χ3v) is 3.04. The highest BCUT2D eigenvalue weighted by Crippen LogP contribution is 1.97. The summed E-state index contributed by atoms with van der Waals surface area (Å²) in [5, 5.41) is 0. The van der Waals surface area contributed by atoms with Crippen LogP contribution < -0.4 is 0 Å². The summed E-state index contributed by atoms with van der Waals surface area (Å²) in [5.41, 5.74) is 0. The Hall–Kier alpha value is -2.00. The molecule has 0 atom stereocenters. The molecular formula is C14H24N2O7. The smallest absolute Gasteiger partial charge is 0.319 e. The fraction of sp³-hybridized carbons (Fsp3) is 0.714. The molecule has 0 saturated carbocycles. The molecule has 0 N–H and O–H groups in total. The highest BCUT2D eigenvalue weighted by atomic mass is 16.5. The fourth-order valence-electron chi connectivity index (χ4n) is 1.74. The molecule has 0 bridgehead atoms. The van der Waals surface area contributed by atoms with E-state index >= 15 is 0 Å². The molecule has 0 spiro atoms. The highest BCUT2D eigenvalue weighted by molar-refractivity contribution is 5.74. The average molecular weight is 332 g/mol. The Kier molecular flexibility index (Phi) is 11.4. The fourth-order valence-corrected chi connectivity index (χ4v) is 1.74. The molecule has 9 nitrogen and oxygen atoms in total. The van der Waals surface area contributed by atoms with E-state index in [-0.39, 0.29) is 26.1 Å². The van der Waals surface area contributed by atoms with E-state index in [4.69, 9.17) is 0 Å². The summed E-state index contributed by atoms with van der Waals surface area (Å²) in [7, 11) is 3.79. The minimum Gasteiger partial charge on any atom is -0.468 e. The van der Waals surface area contributed by atoms with Crippen LogP contribution in [0.15, 0.2) is 0 Å². The van der Waals surface area contributed by atoms with Crippen LogP contribution >= 0.6 is 0 Å². The van der Waals surface area contributed by atoms with Crippen molar-refractivity contribution in [2.24, 2.45) is 0 Å².